The SMILES string of the molecule is OC(CCC1OCCO1)(Cn1cncn1)[14c]1[14cH][14cH][14c](Cl)[14cH][14c]1Cl. The minimum Gasteiger partial charge on any atom is -0.383 e. The molecule has 6 nitrogen and oxygen atoms in total. The van der Waals surface area contributed by atoms with E-state index in [9.17, 15) is 5.11 Å². The van der Waals surface area contributed by atoms with E-state index in [-0.39, 0.29) is 12.8 Å². The lowest BCUT2D eigenvalue weighted by Crippen LogP contribution is -2.33. The number of nitrogens with zero attached hydrogens (tertiary/aromatic N) is 3. The number of ether oxygens (including phenoxy) is 2. The van der Waals surface area contributed by atoms with Crippen LogP contribution in [0.2, 0.25) is 10.0 Å². The molecule has 2 heterocycles. The molecule has 1 aliphatic heterocycles. The van der Waals surface area contributed by atoms with Gasteiger partial charge >= 0.3 is 0 Å². The molecule has 0 aliphatic carbocycles. The molecule has 0 bridgehead atoms. The molecule has 1 atom stereocenters. The summed E-state index contributed by atoms with van der Waals surface area (Å²) in [4.78, 5) is 3.91. The summed E-state index contributed by atoms with van der Waals surface area (Å²) in [5.74, 6) is 0. The van der Waals surface area contributed by atoms with E-state index in [1.807, 2.05) is 0 Å². The second-order valence-corrected chi connectivity index (χ2v) is 6.30. The van der Waals surface area contributed by atoms with Gasteiger partial charge in [-0.15, -0.1) is 0 Å². The van der Waals surface area contributed by atoms with Gasteiger partial charge in [-0.2, -0.15) is 5.10 Å². The van der Waals surface area contributed by atoms with E-state index in [2.05, 4.69) is 10.1 Å². The number of rotatable bonds is 6. The molecular weight excluding hydrogens is 353 g/mol. The van der Waals surface area contributed by atoms with Gasteiger partial charge in [0, 0.05) is 22.0 Å². The summed E-state index contributed by atoms with van der Waals surface area (Å²) in [6.07, 6.45) is 3.62. The predicted molar refractivity (Wildman–Crippen MR) is 85.3 cm³/mol. The van der Waals surface area contributed by atoms with E-state index >= 15 is 0 Å². The quantitative estimate of drug-likeness (QED) is 0.847. The standard InChI is InChI=1S/C15H17Cl2N3O3/c16-11-1-2-12(13(17)7-11)15(21,8-20-10-18-9-19-20)4-3-14-22-5-6-23-14/h1-2,7,9-10,14,21H,3-6,8H2/i1+2,2+2,7+2,11+2,12+2,13+2. The van der Waals surface area contributed by atoms with Gasteiger partial charge in [0.2, 0.25) is 0 Å². The van der Waals surface area contributed by atoms with E-state index < -0.39 is 5.60 Å². The molecule has 8 heteroatoms. The van der Waals surface area contributed by atoms with Crippen molar-refractivity contribution in [2.75, 3.05) is 13.2 Å². The Morgan fingerprint density at radius 3 is 2.78 bits per heavy atom. The highest BCUT2D eigenvalue weighted by molar-refractivity contribution is 6.35. The largest absolute Gasteiger partial charge is 0.383 e. The molecule has 1 unspecified atom stereocenters. The molecule has 1 aliphatic rings. The summed E-state index contributed by atoms with van der Waals surface area (Å²) in [5, 5.41) is 16.3. The van der Waals surface area contributed by atoms with Crippen LogP contribution in [0.25, 0.3) is 0 Å². The fourth-order valence-electron chi connectivity index (χ4n) is 2.68. The van der Waals surface area contributed by atoms with Crippen LogP contribution in [-0.2, 0) is 21.6 Å². The number of halogens is 2. The Morgan fingerprint density at radius 2 is 2.13 bits per heavy atom. The van der Waals surface area contributed by atoms with Crippen LogP contribution < -0.4 is 0 Å². The van der Waals surface area contributed by atoms with Crippen molar-refractivity contribution in [3.05, 3.63) is 46.5 Å². The van der Waals surface area contributed by atoms with Crippen molar-refractivity contribution in [1.29, 1.82) is 0 Å². The van der Waals surface area contributed by atoms with Crippen LogP contribution in [0.3, 0.4) is 0 Å². The Morgan fingerprint density at radius 1 is 1.35 bits per heavy atom. The lowest BCUT2D eigenvalue weighted by Gasteiger charge is -2.30. The fraction of sp³-hybridized carbons (Fsp3) is 0.467. The maximum atomic E-state index is 11.3. The van der Waals surface area contributed by atoms with Gasteiger partial charge < -0.3 is 14.6 Å². The normalized spacial score (nSPS) is 18.2. The van der Waals surface area contributed by atoms with Gasteiger partial charge in [-0.05, 0) is 18.6 Å². The highest BCUT2D eigenvalue weighted by atomic mass is 35.5. The topological polar surface area (TPSA) is 69.4 Å². The molecule has 1 saturated heterocycles. The van der Waals surface area contributed by atoms with Crippen LogP contribution in [0.1, 0.15) is 18.4 Å². The van der Waals surface area contributed by atoms with Gasteiger partial charge in [0.05, 0.1) is 19.8 Å². The van der Waals surface area contributed by atoms with Crippen LogP contribution in [0, 0.1) is 0 Å². The van der Waals surface area contributed by atoms with Crippen molar-refractivity contribution in [2.45, 2.75) is 31.3 Å². The van der Waals surface area contributed by atoms with Gasteiger partial charge in [-0.25, -0.2) is 9.67 Å². The lowest BCUT2D eigenvalue weighted by molar-refractivity contribution is -0.0731. The summed E-state index contributed by atoms with van der Waals surface area (Å²) in [5.41, 5.74) is -0.637. The molecule has 1 fully saturated rings. The second-order valence-electron chi connectivity index (χ2n) is 5.46. The first-order valence-electron chi connectivity index (χ1n) is 7.30. The summed E-state index contributed by atoms with van der Waals surface area (Å²) >= 11 is 12.3. The third kappa shape index (κ3) is 4.02. The Labute approximate surface area is 143 Å². The van der Waals surface area contributed by atoms with E-state index in [0.29, 0.717) is 41.7 Å². The predicted octanol–water partition coefficient (Wildman–Crippen LogP) is 2.63. The second kappa shape index (κ2) is 7.15. The molecule has 1 aromatic heterocycles. The fourth-order valence-corrected chi connectivity index (χ4v) is 3.26. The highest BCUT2D eigenvalue weighted by Crippen LogP contribution is 2.36. The number of aliphatic hydroxyl groups is 1. The molecule has 1 N–H and O–H groups in total. The minimum absolute atomic E-state index is 0.223. The Kier molecular flexibility index (Phi) is 5.18. The first-order valence-corrected chi connectivity index (χ1v) is 8.06. The first-order chi connectivity index (χ1) is 11.1. The van der Waals surface area contributed by atoms with Crippen molar-refractivity contribution < 1.29 is 14.6 Å². The zero-order valence-corrected chi connectivity index (χ0v) is 13.9. The van der Waals surface area contributed by atoms with Crippen molar-refractivity contribution in [2.24, 2.45) is 0 Å². The zero-order valence-electron chi connectivity index (χ0n) is 12.4. The van der Waals surface area contributed by atoms with Crippen molar-refractivity contribution >= 4 is 23.2 Å². The summed E-state index contributed by atoms with van der Waals surface area (Å²) in [6.45, 7) is 1.38. The molecule has 2 aromatic rings. The molecular formula is C15H17Cl2N3O3. The molecule has 0 spiro atoms. The van der Waals surface area contributed by atoms with Crippen LogP contribution in [0.5, 0.6) is 0 Å². The van der Waals surface area contributed by atoms with Gasteiger partial charge in [-0.1, -0.05) is 29.3 Å². The Hall–Kier alpha value is -1.18. The summed E-state index contributed by atoms with van der Waals surface area (Å²) < 4.78 is 12.5. The summed E-state index contributed by atoms with van der Waals surface area (Å²) in [7, 11) is 0. The van der Waals surface area contributed by atoms with Crippen LogP contribution in [-0.4, -0.2) is 39.4 Å². The van der Waals surface area contributed by atoms with Gasteiger partial charge in [-0.3, -0.25) is 0 Å². The average molecular weight is 370 g/mol. The van der Waals surface area contributed by atoms with Gasteiger partial charge in [0.15, 0.2) is 6.29 Å². The molecule has 124 valence electrons. The zero-order chi connectivity index (χ0) is 16.3. The monoisotopic (exact) mass is 369 g/mol. The maximum Gasteiger partial charge on any atom is 0.157 e. The van der Waals surface area contributed by atoms with Crippen molar-refractivity contribution in [3.8, 4) is 0 Å². The maximum absolute atomic E-state index is 11.3. The number of hydrogen-bond acceptors (Lipinski definition) is 5. The van der Waals surface area contributed by atoms with Crippen LogP contribution >= 0.6 is 23.2 Å². The average Bonchev–Trinajstić information content (AvgIpc) is 3.18. The van der Waals surface area contributed by atoms with E-state index in [4.69, 9.17) is 32.7 Å². The molecule has 3 rings (SSSR count). The van der Waals surface area contributed by atoms with Crippen molar-refractivity contribution in [1.82, 2.24) is 14.8 Å². The third-order valence-electron chi connectivity index (χ3n) is 3.81. The first kappa shape index (κ1) is 16.7. The molecule has 1 aromatic carbocycles. The molecule has 0 amide bonds. The Balaban J connectivity index is 1.84. The van der Waals surface area contributed by atoms with E-state index in [1.54, 1.807) is 29.2 Å². The smallest absolute Gasteiger partial charge is 0.157 e. The van der Waals surface area contributed by atoms with E-state index in [1.165, 1.54) is 6.33 Å². The molecule has 23 heavy (non-hydrogen) atoms. The van der Waals surface area contributed by atoms with Gasteiger partial charge in [0.1, 0.15) is 18.3 Å². The van der Waals surface area contributed by atoms with Gasteiger partial charge in [0.25, 0.3) is 0 Å². The van der Waals surface area contributed by atoms with Crippen LogP contribution in [0.15, 0.2) is 30.9 Å². The summed E-state index contributed by atoms with van der Waals surface area (Å²) in [6, 6.07) is 5.06. The van der Waals surface area contributed by atoms with Crippen LogP contribution in [0.4, 0.5) is 0 Å². The van der Waals surface area contributed by atoms with Crippen molar-refractivity contribution in [3.63, 3.8) is 0 Å². The molecule has 0 saturated carbocycles. The Bertz CT molecular complexity index is 647. The lowest BCUT2D eigenvalue weighted by atomic mass is 10.1. The third-order valence-corrected chi connectivity index (χ3v) is 4.35. The molecule has 0 radical (unpaired) electrons. The number of hydrogen-bond donors (Lipinski definition) is 1. The minimum atomic E-state index is -1.23. The highest BCUT2D eigenvalue weighted by Gasteiger charge is 2.34. The number of benzene rings is 1. The number of aromatic nitrogens is 3. The van der Waals surface area contributed by atoms with E-state index in [0.717, 1.165) is 0 Å².